The van der Waals surface area contributed by atoms with Crippen LogP contribution >= 0.6 is 0 Å². The van der Waals surface area contributed by atoms with Gasteiger partial charge in [-0.1, -0.05) is 11.6 Å². The number of nitrogens with zero attached hydrogens (tertiary/aromatic N) is 2. The predicted octanol–water partition coefficient (Wildman–Crippen LogP) is -0.978. The van der Waals surface area contributed by atoms with E-state index < -0.39 is 23.8 Å². The van der Waals surface area contributed by atoms with Gasteiger partial charge in [-0.15, -0.1) is 0 Å². The van der Waals surface area contributed by atoms with Crippen LogP contribution in [0.1, 0.15) is 37.5 Å². The summed E-state index contributed by atoms with van der Waals surface area (Å²) in [7, 11) is 0. The molecule has 0 aromatic carbocycles. The number of rotatable bonds is 5. The Bertz CT molecular complexity index is 578. The number of carbonyl (C=O) groups is 2. The van der Waals surface area contributed by atoms with Gasteiger partial charge in [0.1, 0.15) is 12.1 Å². The van der Waals surface area contributed by atoms with Crippen LogP contribution in [0, 0.1) is 0 Å². The molecule has 1 amide bonds. The van der Waals surface area contributed by atoms with Crippen molar-refractivity contribution < 1.29 is 19.2 Å². The molecule has 4 N–H and O–H groups in total. The molecule has 2 rings (SSSR count). The van der Waals surface area contributed by atoms with Crippen molar-refractivity contribution in [3.8, 4) is 0 Å². The van der Waals surface area contributed by atoms with Gasteiger partial charge in [0.25, 0.3) is 0 Å². The molecule has 1 aromatic rings. The second kappa shape index (κ2) is 6.53. The Morgan fingerprint density at radius 1 is 1.52 bits per heavy atom. The van der Waals surface area contributed by atoms with E-state index in [1.165, 1.54) is 4.57 Å². The van der Waals surface area contributed by atoms with Crippen molar-refractivity contribution >= 4 is 11.9 Å². The third-order valence-electron chi connectivity index (χ3n) is 3.52. The number of aliphatic carboxylic acids is 1. The average molecular weight is 298 g/mol. The van der Waals surface area contributed by atoms with Gasteiger partial charge in [-0.3, -0.25) is 14.1 Å². The van der Waals surface area contributed by atoms with Gasteiger partial charge in [-0.2, -0.15) is 0 Å². The molecule has 1 aromatic heterocycles. The van der Waals surface area contributed by atoms with Crippen LogP contribution in [0.25, 0.3) is 0 Å². The summed E-state index contributed by atoms with van der Waals surface area (Å²) in [4.78, 5) is 34.4. The van der Waals surface area contributed by atoms with Crippen LogP contribution < -0.4 is 16.8 Å². The molecule has 0 saturated heterocycles. The SMILES string of the molecule is N[C@@H](CCNC(=O)C1CCCCc2noc(=O)n21)C(=O)O. The zero-order chi connectivity index (χ0) is 15.4. The van der Waals surface area contributed by atoms with E-state index in [4.69, 9.17) is 10.8 Å². The van der Waals surface area contributed by atoms with Crippen molar-refractivity contribution in [1.82, 2.24) is 15.0 Å². The number of aryl methyl sites for hydroxylation is 1. The molecule has 21 heavy (non-hydrogen) atoms. The maximum absolute atomic E-state index is 12.2. The van der Waals surface area contributed by atoms with E-state index in [0.29, 0.717) is 18.7 Å². The summed E-state index contributed by atoms with van der Waals surface area (Å²) in [6.07, 6.45) is 2.87. The number of aromatic nitrogens is 2. The first-order chi connectivity index (χ1) is 10.0. The summed E-state index contributed by atoms with van der Waals surface area (Å²) < 4.78 is 5.88. The number of fused-ring (bicyclic) bond motifs is 1. The van der Waals surface area contributed by atoms with Crippen LogP contribution in [0.3, 0.4) is 0 Å². The number of carboxylic acid groups (broad SMARTS) is 1. The van der Waals surface area contributed by atoms with E-state index in [0.717, 1.165) is 12.8 Å². The van der Waals surface area contributed by atoms with Gasteiger partial charge in [0, 0.05) is 13.0 Å². The third kappa shape index (κ3) is 3.48. The second-order valence-electron chi connectivity index (χ2n) is 5.02. The highest BCUT2D eigenvalue weighted by Gasteiger charge is 2.28. The molecule has 9 nitrogen and oxygen atoms in total. The predicted molar refractivity (Wildman–Crippen MR) is 70.6 cm³/mol. The Morgan fingerprint density at radius 2 is 2.29 bits per heavy atom. The molecule has 1 aliphatic heterocycles. The van der Waals surface area contributed by atoms with Gasteiger partial charge in [0.15, 0.2) is 5.82 Å². The third-order valence-corrected chi connectivity index (χ3v) is 3.52. The highest BCUT2D eigenvalue weighted by atomic mass is 16.5. The lowest BCUT2D eigenvalue weighted by Gasteiger charge is -2.16. The lowest BCUT2D eigenvalue weighted by atomic mass is 10.1. The smallest absolute Gasteiger partial charge is 0.442 e. The van der Waals surface area contributed by atoms with Crippen LogP contribution in [0.4, 0.5) is 0 Å². The highest BCUT2D eigenvalue weighted by molar-refractivity contribution is 5.80. The van der Waals surface area contributed by atoms with Crippen LogP contribution in [0.15, 0.2) is 9.32 Å². The van der Waals surface area contributed by atoms with Crippen molar-refractivity contribution in [2.24, 2.45) is 5.73 Å². The molecule has 2 atom stereocenters. The minimum Gasteiger partial charge on any atom is -0.480 e. The van der Waals surface area contributed by atoms with Crippen LogP contribution in [-0.2, 0) is 16.0 Å². The number of hydrogen-bond donors (Lipinski definition) is 3. The fourth-order valence-corrected chi connectivity index (χ4v) is 2.35. The van der Waals surface area contributed by atoms with Gasteiger partial charge in [0.2, 0.25) is 5.91 Å². The molecule has 0 spiro atoms. The summed E-state index contributed by atoms with van der Waals surface area (Å²) in [6, 6.07) is -1.68. The first-order valence-electron chi connectivity index (χ1n) is 6.84. The maximum Gasteiger partial charge on any atom is 0.442 e. The fourth-order valence-electron chi connectivity index (χ4n) is 2.35. The summed E-state index contributed by atoms with van der Waals surface area (Å²) in [5.41, 5.74) is 5.36. The molecular formula is C12H18N4O5. The van der Waals surface area contributed by atoms with E-state index in [2.05, 4.69) is 15.0 Å². The average Bonchev–Trinajstić information content (AvgIpc) is 2.69. The van der Waals surface area contributed by atoms with Crippen molar-refractivity contribution in [2.45, 2.75) is 44.2 Å². The van der Waals surface area contributed by atoms with Gasteiger partial charge in [0.05, 0.1) is 0 Å². The molecule has 116 valence electrons. The summed E-state index contributed by atoms with van der Waals surface area (Å²) in [5.74, 6) is -1.63. The number of carboxylic acids is 1. The number of nitrogens with one attached hydrogen (secondary N) is 1. The normalized spacial score (nSPS) is 19.4. The van der Waals surface area contributed by atoms with Crippen LogP contribution in [0.2, 0.25) is 0 Å². The Labute approximate surface area is 120 Å². The summed E-state index contributed by atoms with van der Waals surface area (Å²) in [6.45, 7) is 0.137. The van der Waals surface area contributed by atoms with Crippen LogP contribution in [-0.4, -0.2) is 39.3 Å². The minimum absolute atomic E-state index is 0.124. The topological polar surface area (TPSA) is 140 Å². The van der Waals surface area contributed by atoms with Crippen LogP contribution in [0.5, 0.6) is 0 Å². The molecule has 2 heterocycles. The van der Waals surface area contributed by atoms with E-state index >= 15 is 0 Å². The van der Waals surface area contributed by atoms with E-state index in [9.17, 15) is 14.4 Å². The zero-order valence-electron chi connectivity index (χ0n) is 11.4. The summed E-state index contributed by atoms with van der Waals surface area (Å²) in [5, 5.41) is 15.0. The molecule has 1 aliphatic rings. The van der Waals surface area contributed by atoms with Crippen molar-refractivity contribution in [2.75, 3.05) is 6.54 Å². The molecule has 1 unspecified atom stereocenters. The maximum atomic E-state index is 12.2. The number of nitrogens with two attached hydrogens (primary N) is 1. The Morgan fingerprint density at radius 3 is 3.00 bits per heavy atom. The molecule has 0 saturated carbocycles. The number of hydrogen-bond acceptors (Lipinski definition) is 6. The van der Waals surface area contributed by atoms with Crippen molar-refractivity contribution in [3.05, 3.63) is 16.4 Å². The number of amides is 1. The van der Waals surface area contributed by atoms with E-state index in [-0.39, 0.29) is 18.9 Å². The monoisotopic (exact) mass is 298 g/mol. The van der Waals surface area contributed by atoms with Gasteiger partial charge in [-0.05, 0) is 19.3 Å². The van der Waals surface area contributed by atoms with Crippen molar-refractivity contribution in [3.63, 3.8) is 0 Å². The number of carbonyl (C=O) groups excluding carboxylic acids is 1. The Balaban J connectivity index is 2.00. The molecular weight excluding hydrogens is 280 g/mol. The fraction of sp³-hybridized carbons (Fsp3) is 0.667. The molecule has 9 heteroatoms. The highest BCUT2D eigenvalue weighted by Crippen LogP contribution is 2.21. The first kappa shape index (κ1) is 15.2. The van der Waals surface area contributed by atoms with Gasteiger partial charge < -0.3 is 16.2 Å². The minimum atomic E-state index is -1.11. The molecule has 0 fully saturated rings. The lowest BCUT2D eigenvalue weighted by Crippen LogP contribution is -2.39. The lowest BCUT2D eigenvalue weighted by molar-refractivity contribution is -0.138. The van der Waals surface area contributed by atoms with Gasteiger partial charge >= 0.3 is 11.7 Å². The standard InChI is InChI=1S/C12H18N4O5/c13-7(11(18)19)5-6-14-10(17)8-3-1-2-4-9-15-21-12(20)16(8)9/h7-8H,1-6,13H2,(H,14,17)(H,18,19)/t7-,8?/m0/s1. The van der Waals surface area contributed by atoms with E-state index in [1.807, 2.05) is 0 Å². The van der Waals surface area contributed by atoms with Gasteiger partial charge in [-0.25, -0.2) is 9.36 Å². The molecule has 0 bridgehead atoms. The Kier molecular flexibility index (Phi) is 4.73. The summed E-state index contributed by atoms with van der Waals surface area (Å²) >= 11 is 0. The molecule has 0 aliphatic carbocycles. The Hall–Kier alpha value is -2.16. The molecule has 0 radical (unpaired) electrons. The zero-order valence-corrected chi connectivity index (χ0v) is 11.4. The quantitative estimate of drug-likeness (QED) is 0.634. The first-order valence-corrected chi connectivity index (χ1v) is 6.84. The van der Waals surface area contributed by atoms with Crippen molar-refractivity contribution in [1.29, 1.82) is 0 Å². The largest absolute Gasteiger partial charge is 0.480 e. The van der Waals surface area contributed by atoms with E-state index in [1.54, 1.807) is 0 Å². The second-order valence-corrected chi connectivity index (χ2v) is 5.02.